The van der Waals surface area contributed by atoms with Gasteiger partial charge in [0.05, 0.1) is 12.1 Å². The number of rotatable bonds is 3. The smallest absolute Gasteiger partial charge is 0.263 e. The number of aryl methyl sites for hydroxylation is 1. The number of hydrogen-bond donors (Lipinski definition) is 0. The molecule has 0 unspecified atom stereocenters. The van der Waals surface area contributed by atoms with Gasteiger partial charge in [-0.25, -0.2) is 4.98 Å². The van der Waals surface area contributed by atoms with Gasteiger partial charge in [-0.1, -0.05) is 31.2 Å². The maximum absolute atomic E-state index is 12.7. The van der Waals surface area contributed by atoms with Crippen molar-refractivity contribution in [3.8, 4) is 0 Å². The van der Waals surface area contributed by atoms with E-state index >= 15 is 0 Å². The highest BCUT2D eigenvalue weighted by Gasteiger charge is 2.17. The standard InChI is InChI=1S/C18H19N3OS/c1-2-15-9-16-17(23-15)19-11-21(18(16)22)12-20-8-7-13-5-3-4-6-14(13)10-20/h3-6,9,11H,2,7-8,10,12H2,1H3. The summed E-state index contributed by atoms with van der Waals surface area (Å²) in [5.74, 6) is 0. The van der Waals surface area contributed by atoms with E-state index in [-0.39, 0.29) is 5.56 Å². The molecule has 0 fully saturated rings. The topological polar surface area (TPSA) is 38.1 Å². The summed E-state index contributed by atoms with van der Waals surface area (Å²) in [6.45, 7) is 4.58. The molecule has 4 rings (SSSR count). The molecular weight excluding hydrogens is 306 g/mol. The molecule has 23 heavy (non-hydrogen) atoms. The van der Waals surface area contributed by atoms with Crippen LogP contribution >= 0.6 is 11.3 Å². The molecule has 118 valence electrons. The van der Waals surface area contributed by atoms with E-state index in [1.807, 2.05) is 6.07 Å². The largest absolute Gasteiger partial charge is 0.285 e. The molecule has 5 heteroatoms. The molecule has 0 amide bonds. The first-order valence-corrected chi connectivity index (χ1v) is 8.83. The van der Waals surface area contributed by atoms with E-state index in [4.69, 9.17) is 0 Å². The van der Waals surface area contributed by atoms with Crippen LogP contribution in [0, 0.1) is 0 Å². The van der Waals surface area contributed by atoms with Crippen molar-refractivity contribution in [1.29, 1.82) is 0 Å². The van der Waals surface area contributed by atoms with Crippen molar-refractivity contribution in [3.05, 3.63) is 63.0 Å². The Morgan fingerprint density at radius 2 is 2.09 bits per heavy atom. The van der Waals surface area contributed by atoms with Gasteiger partial charge in [-0.2, -0.15) is 0 Å². The number of nitrogens with zero attached hydrogens (tertiary/aromatic N) is 3. The van der Waals surface area contributed by atoms with Crippen LogP contribution in [0.25, 0.3) is 10.2 Å². The van der Waals surface area contributed by atoms with Crippen molar-refractivity contribution in [3.63, 3.8) is 0 Å². The molecule has 3 heterocycles. The van der Waals surface area contributed by atoms with Crippen LogP contribution in [0.15, 0.2) is 41.5 Å². The van der Waals surface area contributed by atoms with Crippen LogP contribution < -0.4 is 5.56 Å². The van der Waals surface area contributed by atoms with Crippen molar-refractivity contribution >= 4 is 21.6 Å². The Balaban J connectivity index is 1.61. The molecule has 0 spiro atoms. The van der Waals surface area contributed by atoms with Crippen molar-refractivity contribution < 1.29 is 0 Å². The molecule has 3 aromatic rings. The van der Waals surface area contributed by atoms with Crippen LogP contribution in [0.3, 0.4) is 0 Å². The predicted octanol–water partition coefficient (Wildman–Crippen LogP) is 3.04. The lowest BCUT2D eigenvalue weighted by Crippen LogP contribution is -2.36. The third-order valence-electron chi connectivity index (χ3n) is 4.48. The second-order valence-electron chi connectivity index (χ2n) is 6.02. The Morgan fingerprint density at radius 1 is 1.26 bits per heavy atom. The maximum atomic E-state index is 12.7. The summed E-state index contributed by atoms with van der Waals surface area (Å²) in [6.07, 6.45) is 3.68. The number of fused-ring (bicyclic) bond motifs is 2. The highest BCUT2D eigenvalue weighted by molar-refractivity contribution is 7.18. The van der Waals surface area contributed by atoms with Gasteiger partial charge < -0.3 is 0 Å². The van der Waals surface area contributed by atoms with Gasteiger partial charge in [0, 0.05) is 18.0 Å². The molecule has 0 aliphatic carbocycles. The van der Waals surface area contributed by atoms with Crippen molar-refractivity contribution in [2.75, 3.05) is 6.54 Å². The summed E-state index contributed by atoms with van der Waals surface area (Å²) in [4.78, 5) is 21.5. The van der Waals surface area contributed by atoms with E-state index in [0.717, 1.165) is 36.1 Å². The lowest BCUT2D eigenvalue weighted by molar-refractivity contribution is 0.197. The van der Waals surface area contributed by atoms with Crippen LogP contribution in [0.2, 0.25) is 0 Å². The van der Waals surface area contributed by atoms with Gasteiger partial charge in [-0.05, 0) is 30.0 Å². The molecule has 0 bridgehead atoms. The zero-order valence-electron chi connectivity index (χ0n) is 13.2. The molecule has 0 radical (unpaired) electrons. The first-order chi connectivity index (χ1) is 11.2. The van der Waals surface area contributed by atoms with Gasteiger partial charge in [-0.3, -0.25) is 14.3 Å². The SMILES string of the molecule is CCc1cc2c(=O)n(CN3CCc4ccccc4C3)cnc2s1. The van der Waals surface area contributed by atoms with E-state index in [9.17, 15) is 4.79 Å². The fraction of sp³-hybridized carbons (Fsp3) is 0.333. The van der Waals surface area contributed by atoms with Crippen LogP contribution in [-0.4, -0.2) is 21.0 Å². The van der Waals surface area contributed by atoms with Gasteiger partial charge >= 0.3 is 0 Å². The number of thiophene rings is 1. The first kappa shape index (κ1) is 14.6. The van der Waals surface area contributed by atoms with Crippen LogP contribution in [0.4, 0.5) is 0 Å². The third kappa shape index (κ3) is 2.71. The second kappa shape index (κ2) is 5.91. The molecule has 4 nitrogen and oxygen atoms in total. The summed E-state index contributed by atoms with van der Waals surface area (Å²) in [5.41, 5.74) is 2.87. The monoisotopic (exact) mass is 325 g/mol. The minimum absolute atomic E-state index is 0.0739. The summed E-state index contributed by atoms with van der Waals surface area (Å²) in [7, 11) is 0. The summed E-state index contributed by atoms with van der Waals surface area (Å²) >= 11 is 1.62. The number of hydrogen-bond acceptors (Lipinski definition) is 4. The van der Waals surface area contributed by atoms with Gasteiger partial charge in [0.2, 0.25) is 0 Å². The van der Waals surface area contributed by atoms with E-state index in [2.05, 4.69) is 41.1 Å². The van der Waals surface area contributed by atoms with Gasteiger partial charge in [0.15, 0.2) is 0 Å². The highest BCUT2D eigenvalue weighted by Crippen LogP contribution is 2.22. The van der Waals surface area contributed by atoms with Crippen LogP contribution in [0.1, 0.15) is 22.9 Å². The summed E-state index contributed by atoms with van der Waals surface area (Å²) in [6, 6.07) is 10.6. The van der Waals surface area contributed by atoms with Crippen molar-refractivity contribution in [2.24, 2.45) is 0 Å². The zero-order valence-corrected chi connectivity index (χ0v) is 14.0. The molecule has 0 N–H and O–H groups in total. The fourth-order valence-corrected chi connectivity index (χ4v) is 4.10. The lowest BCUT2D eigenvalue weighted by atomic mass is 10.0. The highest BCUT2D eigenvalue weighted by atomic mass is 32.1. The third-order valence-corrected chi connectivity index (χ3v) is 5.67. The fourth-order valence-electron chi connectivity index (χ4n) is 3.18. The Hall–Kier alpha value is -1.98. The average molecular weight is 325 g/mol. The molecule has 0 atom stereocenters. The Kier molecular flexibility index (Phi) is 3.75. The van der Waals surface area contributed by atoms with Crippen LogP contribution in [0.5, 0.6) is 0 Å². The van der Waals surface area contributed by atoms with Gasteiger partial charge in [0.25, 0.3) is 5.56 Å². The number of aromatic nitrogens is 2. The van der Waals surface area contributed by atoms with E-state index in [0.29, 0.717) is 6.67 Å². The molecule has 0 saturated carbocycles. The minimum Gasteiger partial charge on any atom is -0.285 e. The van der Waals surface area contributed by atoms with Crippen LogP contribution in [-0.2, 0) is 26.1 Å². The molecular formula is C18H19N3OS. The second-order valence-corrected chi connectivity index (χ2v) is 7.13. The van der Waals surface area contributed by atoms with Crippen molar-refractivity contribution in [1.82, 2.24) is 14.5 Å². The van der Waals surface area contributed by atoms with Gasteiger partial charge in [-0.15, -0.1) is 11.3 Å². The van der Waals surface area contributed by atoms with E-state index in [1.165, 1.54) is 16.0 Å². The molecule has 1 aliphatic heterocycles. The maximum Gasteiger partial charge on any atom is 0.263 e. The first-order valence-electron chi connectivity index (χ1n) is 8.01. The quantitative estimate of drug-likeness (QED) is 0.743. The number of benzene rings is 1. The Labute approximate surface area is 139 Å². The molecule has 2 aromatic heterocycles. The van der Waals surface area contributed by atoms with Crippen molar-refractivity contribution in [2.45, 2.75) is 33.0 Å². The lowest BCUT2D eigenvalue weighted by Gasteiger charge is -2.28. The van der Waals surface area contributed by atoms with E-state index in [1.54, 1.807) is 22.2 Å². The molecule has 0 saturated heterocycles. The average Bonchev–Trinajstić information content (AvgIpc) is 3.01. The zero-order chi connectivity index (χ0) is 15.8. The normalized spacial score (nSPS) is 15.0. The summed E-state index contributed by atoms with van der Waals surface area (Å²) in [5, 5.41) is 0.756. The summed E-state index contributed by atoms with van der Waals surface area (Å²) < 4.78 is 1.74. The van der Waals surface area contributed by atoms with E-state index < -0.39 is 0 Å². The minimum atomic E-state index is 0.0739. The molecule has 1 aliphatic rings. The molecule has 1 aromatic carbocycles. The predicted molar refractivity (Wildman–Crippen MR) is 93.8 cm³/mol. The Bertz CT molecular complexity index is 912. The Morgan fingerprint density at radius 3 is 2.91 bits per heavy atom. The van der Waals surface area contributed by atoms with Gasteiger partial charge in [0.1, 0.15) is 11.2 Å².